The second kappa shape index (κ2) is 9.11. The lowest BCUT2D eigenvalue weighted by Crippen LogP contribution is -2.47. The quantitative estimate of drug-likeness (QED) is 0.760. The molecule has 1 saturated carbocycles. The number of hydrogen-bond donors (Lipinski definition) is 1. The first kappa shape index (κ1) is 19.5. The summed E-state index contributed by atoms with van der Waals surface area (Å²) in [6.07, 6.45) is 4.60. The molecule has 1 aromatic carbocycles. The van der Waals surface area contributed by atoms with Gasteiger partial charge in [0, 0.05) is 30.6 Å². The van der Waals surface area contributed by atoms with Crippen molar-refractivity contribution in [2.24, 2.45) is 5.92 Å². The number of carbonyl (C=O) groups excluding carboxylic acids is 2. The average Bonchev–Trinajstić information content (AvgIpc) is 3.52. The maximum absolute atomic E-state index is 12.6. The molecule has 2 fully saturated rings. The van der Waals surface area contributed by atoms with Crippen molar-refractivity contribution in [2.45, 2.75) is 52.0 Å². The first-order chi connectivity index (χ1) is 13.1. The minimum atomic E-state index is -0.107. The predicted molar refractivity (Wildman–Crippen MR) is 103 cm³/mol. The Kier molecular flexibility index (Phi) is 6.58. The molecule has 0 spiro atoms. The molecule has 1 aliphatic heterocycles. The smallest absolute Gasteiger partial charge is 0.251 e. The van der Waals surface area contributed by atoms with Crippen molar-refractivity contribution in [1.82, 2.24) is 10.2 Å². The molecule has 1 aromatic rings. The van der Waals surface area contributed by atoms with Gasteiger partial charge >= 0.3 is 0 Å². The van der Waals surface area contributed by atoms with E-state index >= 15 is 0 Å². The predicted octanol–water partition coefficient (Wildman–Crippen LogP) is 3.00. The number of ether oxygens (including phenoxy) is 2. The van der Waals surface area contributed by atoms with Crippen LogP contribution in [0.2, 0.25) is 0 Å². The van der Waals surface area contributed by atoms with Crippen molar-refractivity contribution in [2.75, 3.05) is 26.3 Å². The van der Waals surface area contributed by atoms with Gasteiger partial charge in [-0.3, -0.25) is 9.59 Å². The summed E-state index contributed by atoms with van der Waals surface area (Å²) in [7, 11) is 0. The van der Waals surface area contributed by atoms with Crippen molar-refractivity contribution in [1.29, 1.82) is 0 Å². The van der Waals surface area contributed by atoms with Crippen LogP contribution in [0.15, 0.2) is 18.2 Å². The van der Waals surface area contributed by atoms with E-state index in [-0.39, 0.29) is 17.9 Å². The van der Waals surface area contributed by atoms with Gasteiger partial charge in [0.2, 0.25) is 5.91 Å². The van der Waals surface area contributed by atoms with E-state index < -0.39 is 0 Å². The Bertz CT molecular complexity index is 664. The highest BCUT2D eigenvalue weighted by Crippen LogP contribution is 2.32. The molecule has 148 valence electrons. The minimum Gasteiger partial charge on any atom is -0.490 e. The molecule has 6 nitrogen and oxygen atoms in total. The van der Waals surface area contributed by atoms with Gasteiger partial charge < -0.3 is 19.7 Å². The van der Waals surface area contributed by atoms with Crippen LogP contribution in [0.1, 0.15) is 56.3 Å². The fraction of sp³-hybridized carbons (Fsp3) is 0.619. The largest absolute Gasteiger partial charge is 0.490 e. The highest BCUT2D eigenvalue weighted by molar-refractivity contribution is 5.95. The third kappa shape index (κ3) is 5.15. The summed E-state index contributed by atoms with van der Waals surface area (Å²) in [5.74, 6) is 1.72. The fourth-order valence-corrected chi connectivity index (χ4v) is 3.35. The summed E-state index contributed by atoms with van der Waals surface area (Å²) in [6.45, 7) is 6.55. The van der Waals surface area contributed by atoms with E-state index in [1.807, 2.05) is 18.7 Å². The molecule has 2 amide bonds. The van der Waals surface area contributed by atoms with Crippen molar-refractivity contribution in [3.63, 3.8) is 0 Å². The van der Waals surface area contributed by atoms with Crippen LogP contribution in [0.25, 0.3) is 0 Å². The number of hydrogen-bond acceptors (Lipinski definition) is 4. The summed E-state index contributed by atoms with van der Waals surface area (Å²) in [5.41, 5.74) is 0.568. The van der Waals surface area contributed by atoms with Gasteiger partial charge in [0.15, 0.2) is 11.5 Å². The number of piperidine rings is 1. The summed E-state index contributed by atoms with van der Waals surface area (Å²) < 4.78 is 11.3. The summed E-state index contributed by atoms with van der Waals surface area (Å²) in [6, 6.07) is 5.42. The minimum absolute atomic E-state index is 0.104. The molecular weight excluding hydrogens is 344 g/mol. The number of nitrogens with one attached hydrogen (secondary N) is 1. The summed E-state index contributed by atoms with van der Waals surface area (Å²) in [4.78, 5) is 26.7. The summed E-state index contributed by atoms with van der Waals surface area (Å²) in [5, 5.41) is 3.10. The molecule has 6 heteroatoms. The van der Waals surface area contributed by atoms with E-state index in [2.05, 4.69) is 5.32 Å². The van der Waals surface area contributed by atoms with E-state index in [1.54, 1.807) is 18.2 Å². The third-order valence-electron chi connectivity index (χ3n) is 5.04. The lowest BCUT2D eigenvalue weighted by molar-refractivity contribution is -0.133. The molecule has 3 rings (SSSR count). The molecule has 0 aromatic heterocycles. The van der Waals surface area contributed by atoms with Crippen LogP contribution in [0, 0.1) is 5.92 Å². The monoisotopic (exact) mass is 374 g/mol. The van der Waals surface area contributed by atoms with Crippen molar-refractivity contribution in [3.05, 3.63) is 23.8 Å². The molecule has 2 aliphatic rings. The zero-order chi connectivity index (χ0) is 19.2. The Morgan fingerprint density at radius 3 is 2.44 bits per heavy atom. The molecule has 0 bridgehead atoms. The van der Waals surface area contributed by atoms with E-state index in [9.17, 15) is 9.59 Å². The maximum atomic E-state index is 12.6. The Balaban J connectivity index is 1.55. The van der Waals surface area contributed by atoms with Crippen molar-refractivity contribution in [3.8, 4) is 11.5 Å². The first-order valence-corrected chi connectivity index (χ1v) is 10.1. The number of benzene rings is 1. The zero-order valence-electron chi connectivity index (χ0n) is 16.3. The lowest BCUT2D eigenvalue weighted by Gasteiger charge is -2.32. The van der Waals surface area contributed by atoms with E-state index in [0.717, 1.165) is 45.2 Å². The van der Waals surface area contributed by atoms with Crippen LogP contribution in [0.4, 0.5) is 0 Å². The van der Waals surface area contributed by atoms with Crippen LogP contribution in [0.3, 0.4) is 0 Å². The van der Waals surface area contributed by atoms with Gasteiger partial charge in [-0.15, -0.1) is 0 Å². The van der Waals surface area contributed by atoms with Crippen LogP contribution < -0.4 is 14.8 Å². The molecule has 0 radical (unpaired) electrons. The van der Waals surface area contributed by atoms with Crippen LogP contribution in [-0.2, 0) is 4.79 Å². The number of rotatable bonds is 8. The van der Waals surface area contributed by atoms with Gasteiger partial charge in [-0.05, 0) is 57.2 Å². The highest BCUT2D eigenvalue weighted by Gasteiger charge is 2.35. The number of amides is 2. The van der Waals surface area contributed by atoms with Gasteiger partial charge in [0.25, 0.3) is 5.91 Å². The first-order valence-electron chi connectivity index (χ1n) is 10.1. The van der Waals surface area contributed by atoms with Crippen molar-refractivity contribution >= 4 is 11.8 Å². The van der Waals surface area contributed by atoms with Gasteiger partial charge in [-0.1, -0.05) is 6.92 Å². The Morgan fingerprint density at radius 1 is 1.07 bits per heavy atom. The van der Waals surface area contributed by atoms with Gasteiger partial charge in [0.1, 0.15) is 0 Å². The lowest BCUT2D eigenvalue weighted by atomic mass is 10.0. The van der Waals surface area contributed by atoms with E-state index in [0.29, 0.717) is 36.2 Å². The number of carbonyl (C=O) groups is 2. The van der Waals surface area contributed by atoms with Crippen molar-refractivity contribution < 1.29 is 19.1 Å². The Labute approximate surface area is 161 Å². The standard InChI is InChI=1S/C21H30N2O4/c1-3-13-27-18-8-7-16(14-19(18)26-4-2)20(24)22-17-9-11-23(12-10-17)21(25)15-5-6-15/h7-8,14-15,17H,3-6,9-13H2,1-2H3,(H,22,24). The zero-order valence-corrected chi connectivity index (χ0v) is 16.3. The maximum Gasteiger partial charge on any atom is 0.251 e. The molecule has 0 atom stereocenters. The molecular formula is C21H30N2O4. The van der Waals surface area contributed by atoms with Crippen LogP contribution >= 0.6 is 0 Å². The number of likely N-dealkylation sites (tertiary alicyclic amines) is 1. The molecule has 1 saturated heterocycles. The van der Waals surface area contributed by atoms with E-state index in [1.165, 1.54) is 0 Å². The SMILES string of the molecule is CCCOc1ccc(C(=O)NC2CCN(C(=O)C3CC3)CC2)cc1OCC. The van der Waals surface area contributed by atoms with Crippen LogP contribution in [-0.4, -0.2) is 49.1 Å². The second-order valence-electron chi connectivity index (χ2n) is 7.29. The molecule has 1 heterocycles. The average molecular weight is 374 g/mol. The third-order valence-corrected chi connectivity index (χ3v) is 5.04. The van der Waals surface area contributed by atoms with Gasteiger partial charge in [0.05, 0.1) is 13.2 Å². The molecule has 1 N–H and O–H groups in total. The van der Waals surface area contributed by atoms with Gasteiger partial charge in [-0.2, -0.15) is 0 Å². The Hall–Kier alpha value is -2.24. The topological polar surface area (TPSA) is 67.9 Å². The molecule has 27 heavy (non-hydrogen) atoms. The highest BCUT2D eigenvalue weighted by atomic mass is 16.5. The molecule has 1 aliphatic carbocycles. The number of nitrogens with zero attached hydrogens (tertiary/aromatic N) is 1. The van der Waals surface area contributed by atoms with E-state index in [4.69, 9.17) is 9.47 Å². The van der Waals surface area contributed by atoms with Gasteiger partial charge in [-0.25, -0.2) is 0 Å². The second-order valence-corrected chi connectivity index (χ2v) is 7.29. The fourth-order valence-electron chi connectivity index (χ4n) is 3.35. The Morgan fingerprint density at radius 2 is 1.81 bits per heavy atom. The van der Waals surface area contributed by atoms with Crippen LogP contribution in [0.5, 0.6) is 11.5 Å². The molecule has 0 unspecified atom stereocenters. The summed E-state index contributed by atoms with van der Waals surface area (Å²) >= 11 is 0. The normalized spacial score (nSPS) is 17.5.